The molecule has 0 radical (unpaired) electrons. The zero-order chi connectivity index (χ0) is 21.7. The zero-order valence-corrected chi connectivity index (χ0v) is 18.3. The molecule has 4 rings (SSSR count). The van der Waals surface area contributed by atoms with Crippen molar-refractivity contribution in [3.8, 4) is 5.69 Å². The molecule has 164 valence electrons. The molecular formula is C23H31BN4O3. The van der Waals surface area contributed by atoms with E-state index in [0.29, 0.717) is 5.69 Å². The first-order chi connectivity index (χ1) is 14.1. The molecule has 0 aliphatic carbocycles. The van der Waals surface area contributed by atoms with Gasteiger partial charge in [0.1, 0.15) is 11.4 Å². The van der Waals surface area contributed by atoms with Gasteiger partial charge >= 0.3 is 7.12 Å². The molecule has 1 fully saturated rings. The van der Waals surface area contributed by atoms with Crippen LogP contribution in [0.4, 0.5) is 0 Å². The summed E-state index contributed by atoms with van der Waals surface area (Å²) in [6.45, 7) is 10.1. The number of hydrogen-bond acceptors (Lipinski definition) is 5. The molecular weight excluding hydrogens is 391 g/mol. The van der Waals surface area contributed by atoms with Crippen LogP contribution < -0.4 is 10.9 Å². The van der Waals surface area contributed by atoms with Crippen molar-refractivity contribution in [2.45, 2.75) is 59.2 Å². The molecule has 7 nitrogen and oxygen atoms in total. The summed E-state index contributed by atoms with van der Waals surface area (Å²) in [4.78, 5) is 12.6. The maximum absolute atomic E-state index is 12.6. The van der Waals surface area contributed by atoms with Gasteiger partial charge in [-0.3, -0.25) is 9.48 Å². The third-order valence-corrected chi connectivity index (χ3v) is 6.14. The Labute approximate surface area is 184 Å². The first-order valence-corrected chi connectivity index (χ1v) is 10.1. The molecule has 1 aliphatic rings. The number of nitrogens with zero attached hydrogens (tertiary/aromatic N) is 4. The highest BCUT2D eigenvalue weighted by Gasteiger charge is 2.51. The molecule has 2 aromatic heterocycles. The van der Waals surface area contributed by atoms with E-state index in [1.165, 1.54) is 0 Å². The van der Waals surface area contributed by atoms with E-state index in [1.54, 1.807) is 27.8 Å². The minimum absolute atomic E-state index is 0. The molecule has 1 atom stereocenters. The Bertz CT molecular complexity index is 1120. The normalized spacial score (nSPS) is 17.9. The summed E-state index contributed by atoms with van der Waals surface area (Å²) in [7, 11) is 1.40. The minimum Gasteiger partial charge on any atom is -0.399 e. The summed E-state index contributed by atoms with van der Waals surface area (Å²) < 4.78 is 15.7. The Morgan fingerprint density at radius 2 is 1.77 bits per heavy atom. The van der Waals surface area contributed by atoms with E-state index < -0.39 is 18.3 Å². The first-order valence-electron chi connectivity index (χ1n) is 10.1. The van der Waals surface area contributed by atoms with Crippen molar-refractivity contribution in [3.05, 3.63) is 70.4 Å². The summed E-state index contributed by atoms with van der Waals surface area (Å²) in [5.41, 5.74) is 2.29. The van der Waals surface area contributed by atoms with Gasteiger partial charge < -0.3 is 9.31 Å². The van der Waals surface area contributed by atoms with Crippen molar-refractivity contribution in [2.75, 3.05) is 0 Å². The molecule has 31 heavy (non-hydrogen) atoms. The van der Waals surface area contributed by atoms with Gasteiger partial charge in [-0.1, -0.05) is 38.6 Å². The largest absolute Gasteiger partial charge is 0.494 e. The van der Waals surface area contributed by atoms with Crippen LogP contribution in [0.25, 0.3) is 5.69 Å². The fourth-order valence-corrected chi connectivity index (χ4v) is 3.50. The van der Waals surface area contributed by atoms with Gasteiger partial charge in [-0.05, 0) is 38.7 Å². The molecule has 0 N–H and O–H groups in total. The molecule has 0 bridgehead atoms. The van der Waals surface area contributed by atoms with Crippen molar-refractivity contribution in [1.82, 2.24) is 19.6 Å². The lowest BCUT2D eigenvalue weighted by Gasteiger charge is -2.32. The van der Waals surface area contributed by atoms with Gasteiger partial charge in [0, 0.05) is 25.2 Å². The fraction of sp³-hybridized carbons (Fsp3) is 0.435. The van der Waals surface area contributed by atoms with Crippen molar-refractivity contribution in [2.24, 2.45) is 7.05 Å². The van der Waals surface area contributed by atoms with E-state index in [1.807, 2.05) is 72.1 Å². The lowest BCUT2D eigenvalue weighted by atomic mass is 9.77. The van der Waals surface area contributed by atoms with Gasteiger partial charge in [0.15, 0.2) is 0 Å². The van der Waals surface area contributed by atoms with Crippen molar-refractivity contribution >= 4 is 12.6 Å². The molecule has 1 aliphatic heterocycles. The predicted octanol–water partition coefficient (Wildman–Crippen LogP) is 3.05. The minimum atomic E-state index is -0.446. The van der Waals surface area contributed by atoms with E-state index in [0.717, 1.165) is 16.7 Å². The van der Waals surface area contributed by atoms with Gasteiger partial charge in [0.2, 0.25) is 5.43 Å². The van der Waals surface area contributed by atoms with Crippen LogP contribution in [0, 0.1) is 0 Å². The molecule has 8 heteroatoms. The van der Waals surface area contributed by atoms with E-state index in [2.05, 4.69) is 10.2 Å². The van der Waals surface area contributed by atoms with Crippen LogP contribution in [0.15, 0.2) is 53.7 Å². The van der Waals surface area contributed by atoms with Crippen LogP contribution in [0.3, 0.4) is 0 Å². The van der Waals surface area contributed by atoms with Crippen molar-refractivity contribution < 1.29 is 9.31 Å². The average Bonchev–Trinajstić information content (AvgIpc) is 3.22. The van der Waals surface area contributed by atoms with Gasteiger partial charge in [0.05, 0.1) is 23.6 Å². The highest BCUT2D eigenvalue weighted by molar-refractivity contribution is 6.62. The topological polar surface area (TPSA) is 71.2 Å². The second kappa shape index (κ2) is 8.09. The Hall–Kier alpha value is -2.71. The molecule has 3 heterocycles. The molecule has 0 amide bonds. The Morgan fingerprint density at radius 3 is 2.39 bits per heavy atom. The first kappa shape index (κ1) is 23.0. The average molecular weight is 422 g/mol. The zero-order valence-electron chi connectivity index (χ0n) is 18.3. The number of rotatable bonds is 4. The lowest BCUT2D eigenvalue weighted by molar-refractivity contribution is 0.00578. The maximum atomic E-state index is 12.6. The third-order valence-electron chi connectivity index (χ3n) is 6.14. The number of benzene rings is 1. The Morgan fingerprint density at radius 1 is 1.10 bits per heavy atom. The Balaban J connectivity index is 0.00000272. The van der Waals surface area contributed by atoms with Crippen LogP contribution in [-0.2, 0) is 16.4 Å². The van der Waals surface area contributed by atoms with Gasteiger partial charge in [-0.25, -0.2) is 4.68 Å². The monoisotopic (exact) mass is 422 g/mol. The number of aromatic nitrogens is 4. The quantitative estimate of drug-likeness (QED) is 0.605. The second-order valence-electron chi connectivity index (χ2n) is 8.86. The molecule has 0 saturated carbocycles. The van der Waals surface area contributed by atoms with Crippen LogP contribution in [-0.4, -0.2) is 37.9 Å². The summed E-state index contributed by atoms with van der Waals surface area (Å²) >= 11 is 0. The standard InChI is InChI=1S/C22H27BN4O3.CH4/c1-15(20-19(28)10-11-27(25-20)18-13-24-26(6)14-18)16-8-7-9-17(12-16)23-29-21(2,3)22(4,5)30-23;/h7-15H,1-6H3;1H4. The van der Waals surface area contributed by atoms with Crippen LogP contribution in [0.5, 0.6) is 0 Å². The van der Waals surface area contributed by atoms with E-state index in [4.69, 9.17) is 9.31 Å². The third kappa shape index (κ3) is 4.22. The summed E-state index contributed by atoms with van der Waals surface area (Å²) in [6, 6.07) is 9.54. The van der Waals surface area contributed by atoms with Crippen molar-refractivity contribution in [1.29, 1.82) is 0 Å². The molecule has 0 spiro atoms. The highest BCUT2D eigenvalue weighted by atomic mass is 16.7. The van der Waals surface area contributed by atoms with Crippen LogP contribution in [0.2, 0.25) is 0 Å². The lowest BCUT2D eigenvalue weighted by Crippen LogP contribution is -2.41. The van der Waals surface area contributed by atoms with Gasteiger partial charge in [-0.2, -0.15) is 10.2 Å². The van der Waals surface area contributed by atoms with Crippen molar-refractivity contribution in [3.63, 3.8) is 0 Å². The van der Waals surface area contributed by atoms with Crippen LogP contribution in [0.1, 0.15) is 59.2 Å². The van der Waals surface area contributed by atoms with E-state index in [-0.39, 0.29) is 18.8 Å². The van der Waals surface area contributed by atoms with E-state index >= 15 is 0 Å². The van der Waals surface area contributed by atoms with E-state index in [9.17, 15) is 4.79 Å². The number of aryl methyl sites for hydroxylation is 1. The molecule has 1 unspecified atom stereocenters. The smallest absolute Gasteiger partial charge is 0.399 e. The Kier molecular flexibility index (Phi) is 6.00. The molecule has 1 aromatic carbocycles. The summed E-state index contributed by atoms with van der Waals surface area (Å²) in [5.74, 6) is -0.191. The van der Waals surface area contributed by atoms with Gasteiger partial charge in [0.25, 0.3) is 0 Å². The predicted molar refractivity (Wildman–Crippen MR) is 123 cm³/mol. The summed E-state index contributed by atoms with van der Waals surface area (Å²) in [6.07, 6.45) is 5.23. The SMILES string of the molecule is C.CC(c1cccc(B2OC(C)(C)C(C)(C)O2)c1)c1nn(-c2cnn(C)c2)ccc1=O. The van der Waals surface area contributed by atoms with Crippen LogP contribution >= 0.6 is 0 Å². The number of hydrogen-bond donors (Lipinski definition) is 0. The molecule has 1 saturated heterocycles. The maximum Gasteiger partial charge on any atom is 0.494 e. The highest BCUT2D eigenvalue weighted by Crippen LogP contribution is 2.36. The second-order valence-corrected chi connectivity index (χ2v) is 8.86. The molecule has 3 aromatic rings. The van der Waals surface area contributed by atoms with Gasteiger partial charge in [-0.15, -0.1) is 0 Å². The summed E-state index contributed by atoms with van der Waals surface area (Å²) in [5, 5.41) is 8.77. The fourth-order valence-electron chi connectivity index (χ4n) is 3.50.